The summed E-state index contributed by atoms with van der Waals surface area (Å²) in [6.07, 6.45) is 0. The number of rotatable bonds is 5. The molecule has 0 fully saturated rings. The van der Waals surface area contributed by atoms with Crippen molar-refractivity contribution in [2.24, 2.45) is 0 Å². The molecule has 0 spiro atoms. The van der Waals surface area contributed by atoms with Gasteiger partial charge in [-0.3, -0.25) is 4.79 Å². The van der Waals surface area contributed by atoms with Crippen molar-refractivity contribution in [3.63, 3.8) is 0 Å². The second-order valence-electron chi connectivity index (χ2n) is 4.43. The van der Waals surface area contributed by atoms with Gasteiger partial charge in [-0.2, -0.15) is 0 Å². The van der Waals surface area contributed by atoms with E-state index in [0.29, 0.717) is 28.6 Å². The predicted molar refractivity (Wildman–Crippen MR) is 83.1 cm³/mol. The molecule has 0 saturated carbocycles. The molecule has 1 N–H and O–H groups in total. The van der Waals surface area contributed by atoms with Crippen molar-refractivity contribution < 1.29 is 14.3 Å². The minimum atomic E-state index is -0.228. The quantitative estimate of drug-likeness (QED) is 0.915. The van der Waals surface area contributed by atoms with Gasteiger partial charge in [0, 0.05) is 17.7 Å². The number of carbonyl (C=O) groups excluding carboxylic acids is 1. The Balaban J connectivity index is 2.21. The Bertz CT molecular complexity index is 643. The highest BCUT2D eigenvalue weighted by atomic mass is 35.5. The van der Waals surface area contributed by atoms with E-state index in [1.54, 1.807) is 37.4 Å². The summed E-state index contributed by atoms with van der Waals surface area (Å²) < 4.78 is 10.3. The normalized spacial score (nSPS) is 10.2. The molecule has 0 heterocycles. The van der Waals surface area contributed by atoms with E-state index >= 15 is 0 Å². The summed E-state index contributed by atoms with van der Waals surface area (Å²) in [4.78, 5) is 12.3. The molecule has 0 aromatic heterocycles. The van der Waals surface area contributed by atoms with E-state index in [2.05, 4.69) is 5.32 Å². The Labute approximate surface area is 128 Å². The van der Waals surface area contributed by atoms with Crippen LogP contribution in [0.5, 0.6) is 5.75 Å². The predicted octanol–water partition coefficient (Wildman–Crippen LogP) is 3.75. The summed E-state index contributed by atoms with van der Waals surface area (Å²) in [5.74, 6) is 0.328. The number of hydrogen-bond donors (Lipinski definition) is 1. The summed E-state index contributed by atoms with van der Waals surface area (Å²) in [6, 6.07) is 12.3. The van der Waals surface area contributed by atoms with Crippen LogP contribution >= 0.6 is 11.6 Å². The zero-order chi connectivity index (χ0) is 15.2. The SMILES string of the molecule is COCc1cccc(C(=O)Nc2cc(Cl)ccc2OC)c1. The molecule has 110 valence electrons. The molecule has 21 heavy (non-hydrogen) atoms. The van der Waals surface area contributed by atoms with E-state index in [-0.39, 0.29) is 5.91 Å². The Morgan fingerprint density at radius 1 is 1.19 bits per heavy atom. The fourth-order valence-electron chi connectivity index (χ4n) is 1.94. The van der Waals surface area contributed by atoms with Crippen LogP contribution in [0, 0.1) is 0 Å². The Morgan fingerprint density at radius 3 is 2.71 bits per heavy atom. The van der Waals surface area contributed by atoms with Crippen LogP contribution in [0.2, 0.25) is 5.02 Å². The van der Waals surface area contributed by atoms with E-state index in [9.17, 15) is 4.79 Å². The van der Waals surface area contributed by atoms with Crippen molar-refractivity contribution in [2.45, 2.75) is 6.61 Å². The van der Waals surface area contributed by atoms with Gasteiger partial charge in [-0.25, -0.2) is 0 Å². The maximum absolute atomic E-state index is 12.3. The van der Waals surface area contributed by atoms with Crippen LogP contribution in [-0.4, -0.2) is 20.1 Å². The van der Waals surface area contributed by atoms with Gasteiger partial charge in [0.25, 0.3) is 5.91 Å². The molecule has 2 aromatic rings. The van der Waals surface area contributed by atoms with Crippen LogP contribution in [0.4, 0.5) is 5.69 Å². The van der Waals surface area contributed by atoms with Crippen LogP contribution < -0.4 is 10.1 Å². The van der Waals surface area contributed by atoms with E-state index in [0.717, 1.165) is 5.56 Å². The van der Waals surface area contributed by atoms with Gasteiger partial charge in [0.2, 0.25) is 0 Å². The fraction of sp³-hybridized carbons (Fsp3) is 0.188. The molecule has 0 radical (unpaired) electrons. The highest BCUT2D eigenvalue weighted by molar-refractivity contribution is 6.31. The first-order valence-corrected chi connectivity index (χ1v) is 6.74. The molecule has 0 aliphatic heterocycles. The van der Waals surface area contributed by atoms with Crippen LogP contribution in [-0.2, 0) is 11.3 Å². The molecule has 5 heteroatoms. The lowest BCUT2D eigenvalue weighted by molar-refractivity contribution is 0.102. The van der Waals surface area contributed by atoms with Gasteiger partial charge in [-0.05, 0) is 35.9 Å². The van der Waals surface area contributed by atoms with Gasteiger partial charge in [0.05, 0.1) is 19.4 Å². The smallest absolute Gasteiger partial charge is 0.255 e. The van der Waals surface area contributed by atoms with Crippen molar-refractivity contribution in [2.75, 3.05) is 19.5 Å². The number of amides is 1. The van der Waals surface area contributed by atoms with Crippen molar-refractivity contribution in [1.29, 1.82) is 0 Å². The molecule has 0 aliphatic carbocycles. The molecule has 0 bridgehead atoms. The van der Waals surface area contributed by atoms with Crippen molar-refractivity contribution >= 4 is 23.2 Å². The Hall–Kier alpha value is -2.04. The molecule has 0 atom stereocenters. The number of nitrogens with one attached hydrogen (secondary N) is 1. The van der Waals surface area contributed by atoms with Crippen LogP contribution in [0.25, 0.3) is 0 Å². The lowest BCUT2D eigenvalue weighted by atomic mass is 10.1. The zero-order valence-corrected chi connectivity index (χ0v) is 12.6. The number of anilines is 1. The standard InChI is InChI=1S/C16H16ClNO3/c1-20-10-11-4-3-5-12(8-11)16(19)18-14-9-13(17)6-7-15(14)21-2/h3-9H,10H2,1-2H3,(H,18,19). The number of halogens is 1. The molecular weight excluding hydrogens is 290 g/mol. The van der Waals surface area contributed by atoms with Crippen LogP contribution in [0.1, 0.15) is 15.9 Å². The number of benzene rings is 2. The summed E-state index contributed by atoms with van der Waals surface area (Å²) >= 11 is 5.95. The van der Waals surface area contributed by atoms with E-state index < -0.39 is 0 Å². The second kappa shape index (κ2) is 7.11. The maximum Gasteiger partial charge on any atom is 0.255 e. The average molecular weight is 306 g/mol. The lowest BCUT2D eigenvalue weighted by Crippen LogP contribution is -2.13. The van der Waals surface area contributed by atoms with Crippen LogP contribution in [0.3, 0.4) is 0 Å². The molecule has 4 nitrogen and oxygen atoms in total. The molecule has 0 unspecified atom stereocenters. The number of carbonyl (C=O) groups is 1. The van der Waals surface area contributed by atoms with Gasteiger partial charge < -0.3 is 14.8 Å². The van der Waals surface area contributed by atoms with E-state index in [4.69, 9.17) is 21.1 Å². The molecule has 0 saturated heterocycles. The largest absolute Gasteiger partial charge is 0.495 e. The van der Waals surface area contributed by atoms with Gasteiger partial charge in [0.15, 0.2) is 0 Å². The monoisotopic (exact) mass is 305 g/mol. The van der Waals surface area contributed by atoms with Gasteiger partial charge in [0.1, 0.15) is 5.75 Å². The number of ether oxygens (including phenoxy) is 2. The molecule has 0 aliphatic rings. The average Bonchev–Trinajstić information content (AvgIpc) is 2.48. The first-order valence-electron chi connectivity index (χ1n) is 6.37. The summed E-state index contributed by atoms with van der Waals surface area (Å²) in [5.41, 5.74) is 2.02. The molecular formula is C16H16ClNO3. The molecule has 2 aromatic carbocycles. The van der Waals surface area contributed by atoms with E-state index in [1.165, 1.54) is 7.11 Å². The third-order valence-corrected chi connectivity index (χ3v) is 3.14. The molecule has 1 amide bonds. The minimum Gasteiger partial charge on any atom is -0.495 e. The second-order valence-corrected chi connectivity index (χ2v) is 4.87. The third kappa shape index (κ3) is 3.97. The van der Waals surface area contributed by atoms with Crippen LogP contribution in [0.15, 0.2) is 42.5 Å². The van der Waals surface area contributed by atoms with Crippen molar-refractivity contribution in [3.8, 4) is 5.75 Å². The first kappa shape index (κ1) is 15.4. The van der Waals surface area contributed by atoms with E-state index in [1.807, 2.05) is 12.1 Å². The lowest BCUT2D eigenvalue weighted by Gasteiger charge is -2.11. The fourth-order valence-corrected chi connectivity index (χ4v) is 2.11. The Kier molecular flexibility index (Phi) is 5.20. The number of hydrogen-bond acceptors (Lipinski definition) is 3. The zero-order valence-electron chi connectivity index (χ0n) is 11.9. The minimum absolute atomic E-state index is 0.228. The summed E-state index contributed by atoms with van der Waals surface area (Å²) in [7, 11) is 3.15. The van der Waals surface area contributed by atoms with Crippen molar-refractivity contribution in [3.05, 3.63) is 58.6 Å². The molecule has 2 rings (SSSR count). The number of methoxy groups -OCH3 is 2. The summed E-state index contributed by atoms with van der Waals surface area (Å²) in [5, 5.41) is 3.33. The topological polar surface area (TPSA) is 47.6 Å². The third-order valence-electron chi connectivity index (χ3n) is 2.91. The Morgan fingerprint density at radius 2 is 2.00 bits per heavy atom. The highest BCUT2D eigenvalue weighted by Gasteiger charge is 2.10. The van der Waals surface area contributed by atoms with Gasteiger partial charge in [-0.1, -0.05) is 23.7 Å². The van der Waals surface area contributed by atoms with Gasteiger partial charge in [-0.15, -0.1) is 0 Å². The highest BCUT2D eigenvalue weighted by Crippen LogP contribution is 2.28. The summed E-state index contributed by atoms with van der Waals surface area (Å²) in [6.45, 7) is 0.460. The first-order chi connectivity index (χ1) is 10.1. The van der Waals surface area contributed by atoms with Gasteiger partial charge >= 0.3 is 0 Å². The maximum atomic E-state index is 12.3. The van der Waals surface area contributed by atoms with Crippen molar-refractivity contribution in [1.82, 2.24) is 0 Å².